The van der Waals surface area contributed by atoms with E-state index in [1.54, 1.807) is 6.07 Å². The van der Waals surface area contributed by atoms with Crippen LogP contribution < -0.4 is 10.7 Å². The molecular formula is C20H15ClFN3O2. The summed E-state index contributed by atoms with van der Waals surface area (Å²) < 4.78 is 14.5. The fourth-order valence-electron chi connectivity index (χ4n) is 3.27. The molecule has 4 rings (SSSR count). The van der Waals surface area contributed by atoms with Crippen molar-refractivity contribution in [3.8, 4) is 5.69 Å². The number of aromatic nitrogens is 2. The van der Waals surface area contributed by atoms with Crippen molar-refractivity contribution in [3.05, 3.63) is 92.6 Å². The average Bonchev–Trinajstić information content (AvgIpc) is 3.04. The third-order valence-electron chi connectivity index (χ3n) is 4.60. The third kappa shape index (κ3) is 3.48. The number of fused-ring (bicyclic) bond motifs is 1. The molecule has 0 bridgehead atoms. The minimum Gasteiger partial charge on any atom is -0.344 e. The van der Waals surface area contributed by atoms with Crippen LogP contribution in [0.5, 0.6) is 0 Å². The van der Waals surface area contributed by atoms with E-state index in [4.69, 9.17) is 11.6 Å². The van der Waals surface area contributed by atoms with Crippen molar-refractivity contribution < 1.29 is 9.18 Å². The second-order valence-corrected chi connectivity index (χ2v) is 6.79. The van der Waals surface area contributed by atoms with Crippen LogP contribution in [0.15, 0.2) is 59.5 Å². The van der Waals surface area contributed by atoms with Gasteiger partial charge in [0.2, 0.25) is 5.43 Å². The van der Waals surface area contributed by atoms with Gasteiger partial charge in [-0.15, -0.1) is 0 Å². The predicted octanol–water partition coefficient (Wildman–Crippen LogP) is 3.44. The maximum Gasteiger partial charge on any atom is 0.276 e. The number of rotatable bonds is 3. The summed E-state index contributed by atoms with van der Waals surface area (Å²) in [5.74, 6) is -0.915. The van der Waals surface area contributed by atoms with Gasteiger partial charge in [-0.3, -0.25) is 9.59 Å². The Labute approximate surface area is 159 Å². The van der Waals surface area contributed by atoms with Crippen molar-refractivity contribution in [2.75, 3.05) is 0 Å². The summed E-state index contributed by atoms with van der Waals surface area (Å²) in [5, 5.41) is 7.67. The van der Waals surface area contributed by atoms with Crippen LogP contribution in [0.25, 0.3) is 5.69 Å². The van der Waals surface area contributed by atoms with Gasteiger partial charge in [0.05, 0.1) is 11.7 Å². The lowest BCUT2D eigenvalue weighted by molar-refractivity contribution is 0.0928. The minimum absolute atomic E-state index is 0.189. The predicted molar refractivity (Wildman–Crippen MR) is 99.8 cm³/mol. The molecule has 7 heteroatoms. The molecule has 1 aliphatic carbocycles. The van der Waals surface area contributed by atoms with Crippen LogP contribution >= 0.6 is 11.6 Å². The van der Waals surface area contributed by atoms with E-state index >= 15 is 0 Å². The van der Waals surface area contributed by atoms with Crippen LogP contribution in [0, 0.1) is 5.82 Å². The van der Waals surface area contributed by atoms with Gasteiger partial charge in [-0.25, -0.2) is 9.07 Å². The summed E-state index contributed by atoms with van der Waals surface area (Å²) in [5.41, 5.74) is 1.97. The Morgan fingerprint density at radius 2 is 1.96 bits per heavy atom. The SMILES string of the molecule is O=C(N[C@H]1CCc2cc(Cl)ccc21)c1nn(-c2ccc(F)cc2)ccc1=O. The van der Waals surface area contributed by atoms with E-state index in [9.17, 15) is 14.0 Å². The van der Waals surface area contributed by atoms with Crippen LogP contribution in [0.1, 0.15) is 34.1 Å². The second-order valence-electron chi connectivity index (χ2n) is 6.36. The Bertz CT molecular complexity index is 1080. The largest absolute Gasteiger partial charge is 0.344 e. The Balaban J connectivity index is 1.60. The molecule has 1 heterocycles. The first-order chi connectivity index (χ1) is 13.0. The maximum absolute atomic E-state index is 13.1. The van der Waals surface area contributed by atoms with Gasteiger partial charge in [-0.1, -0.05) is 17.7 Å². The molecule has 0 aliphatic heterocycles. The monoisotopic (exact) mass is 383 g/mol. The normalized spacial score (nSPS) is 15.4. The maximum atomic E-state index is 13.1. The Kier molecular flexibility index (Phi) is 4.49. The highest BCUT2D eigenvalue weighted by Gasteiger charge is 2.26. The van der Waals surface area contributed by atoms with E-state index in [2.05, 4.69) is 10.4 Å². The fraction of sp³-hybridized carbons (Fsp3) is 0.150. The van der Waals surface area contributed by atoms with Crippen molar-refractivity contribution in [2.45, 2.75) is 18.9 Å². The van der Waals surface area contributed by atoms with Crippen LogP contribution in [0.2, 0.25) is 5.02 Å². The summed E-state index contributed by atoms with van der Waals surface area (Å²) in [6, 6.07) is 12.3. The van der Waals surface area contributed by atoms with E-state index in [1.165, 1.54) is 41.2 Å². The molecule has 5 nitrogen and oxygen atoms in total. The van der Waals surface area contributed by atoms with Crippen LogP contribution in [-0.2, 0) is 6.42 Å². The van der Waals surface area contributed by atoms with Crippen molar-refractivity contribution in [1.29, 1.82) is 0 Å². The van der Waals surface area contributed by atoms with Crippen LogP contribution in [-0.4, -0.2) is 15.7 Å². The smallest absolute Gasteiger partial charge is 0.276 e. The molecule has 0 radical (unpaired) electrons. The number of aryl methyl sites for hydroxylation is 1. The lowest BCUT2D eigenvalue weighted by atomic mass is 10.1. The minimum atomic E-state index is -0.538. The number of hydrogen-bond donors (Lipinski definition) is 1. The van der Waals surface area contributed by atoms with E-state index < -0.39 is 11.3 Å². The highest BCUT2D eigenvalue weighted by atomic mass is 35.5. The van der Waals surface area contributed by atoms with Crippen molar-refractivity contribution in [3.63, 3.8) is 0 Å². The van der Waals surface area contributed by atoms with E-state index in [-0.39, 0.29) is 17.6 Å². The van der Waals surface area contributed by atoms with Gasteiger partial charge < -0.3 is 5.32 Å². The third-order valence-corrected chi connectivity index (χ3v) is 4.84. The molecule has 0 unspecified atom stereocenters. The molecule has 0 fully saturated rings. The van der Waals surface area contributed by atoms with Crippen molar-refractivity contribution in [2.24, 2.45) is 0 Å². The van der Waals surface area contributed by atoms with Gasteiger partial charge >= 0.3 is 0 Å². The first-order valence-corrected chi connectivity index (χ1v) is 8.84. The Hall–Kier alpha value is -2.99. The van der Waals surface area contributed by atoms with E-state index in [1.807, 2.05) is 12.1 Å². The summed E-state index contributed by atoms with van der Waals surface area (Å²) in [6.45, 7) is 0. The highest BCUT2D eigenvalue weighted by Crippen LogP contribution is 2.32. The molecule has 0 saturated carbocycles. The van der Waals surface area contributed by atoms with Gasteiger partial charge in [0, 0.05) is 17.3 Å². The molecular weight excluding hydrogens is 369 g/mol. The number of benzene rings is 2. The lowest BCUT2D eigenvalue weighted by Crippen LogP contribution is -2.33. The van der Waals surface area contributed by atoms with Gasteiger partial charge in [-0.05, 0) is 60.4 Å². The zero-order valence-electron chi connectivity index (χ0n) is 14.2. The average molecular weight is 384 g/mol. The number of nitrogens with zero attached hydrogens (tertiary/aromatic N) is 2. The summed E-state index contributed by atoms with van der Waals surface area (Å²) in [7, 11) is 0. The summed E-state index contributed by atoms with van der Waals surface area (Å²) >= 11 is 6.01. The standard InChI is InChI=1S/C20H15ClFN3O2/c21-13-2-7-16-12(11-13)1-8-17(16)23-20(27)19-18(26)9-10-25(24-19)15-5-3-14(22)4-6-15/h2-7,9-11,17H,1,8H2,(H,23,27)/t17-/m0/s1. The molecule has 0 spiro atoms. The fourth-order valence-corrected chi connectivity index (χ4v) is 3.46. The Morgan fingerprint density at radius 1 is 1.19 bits per heavy atom. The summed E-state index contributed by atoms with van der Waals surface area (Å²) in [6.07, 6.45) is 2.99. The summed E-state index contributed by atoms with van der Waals surface area (Å²) in [4.78, 5) is 24.8. The van der Waals surface area contributed by atoms with Gasteiger partial charge in [-0.2, -0.15) is 5.10 Å². The zero-order chi connectivity index (χ0) is 19.0. The van der Waals surface area contributed by atoms with E-state index in [0.717, 1.165) is 24.0 Å². The topological polar surface area (TPSA) is 64.0 Å². The molecule has 1 aromatic heterocycles. The molecule has 1 aliphatic rings. The van der Waals surface area contributed by atoms with Crippen LogP contribution in [0.4, 0.5) is 4.39 Å². The molecule has 27 heavy (non-hydrogen) atoms. The number of nitrogens with one attached hydrogen (secondary N) is 1. The molecule has 0 saturated heterocycles. The second kappa shape index (κ2) is 6.96. The number of hydrogen-bond acceptors (Lipinski definition) is 3. The molecule has 2 aromatic carbocycles. The molecule has 136 valence electrons. The first-order valence-electron chi connectivity index (χ1n) is 8.46. The zero-order valence-corrected chi connectivity index (χ0v) is 14.9. The van der Waals surface area contributed by atoms with E-state index in [0.29, 0.717) is 10.7 Å². The lowest BCUT2D eigenvalue weighted by Gasteiger charge is -2.14. The molecule has 1 amide bonds. The van der Waals surface area contributed by atoms with Crippen LogP contribution in [0.3, 0.4) is 0 Å². The highest BCUT2D eigenvalue weighted by molar-refractivity contribution is 6.30. The number of halogens is 2. The van der Waals surface area contributed by atoms with Gasteiger partial charge in [0.25, 0.3) is 5.91 Å². The molecule has 3 aromatic rings. The Morgan fingerprint density at radius 3 is 2.74 bits per heavy atom. The molecule has 1 N–H and O–H groups in total. The van der Waals surface area contributed by atoms with Gasteiger partial charge in [0.1, 0.15) is 5.82 Å². The van der Waals surface area contributed by atoms with Crippen molar-refractivity contribution in [1.82, 2.24) is 15.1 Å². The van der Waals surface area contributed by atoms with Gasteiger partial charge in [0.15, 0.2) is 5.69 Å². The number of carbonyl (C=O) groups excluding carboxylic acids is 1. The quantitative estimate of drug-likeness (QED) is 0.753. The first kappa shape index (κ1) is 17.4. The number of carbonyl (C=O) groups is 1. The van der Waals surface area contributed by atoms with Crippen molar-refractivity contribution >= 4 is 17.5 Å². The molecule has 1 atom stereocenters. The number of amides is 1.